The average molecular weight is 269 g/mol. The van der Waals surface area contributed by atoms with E-state index in [1.54, 1.807) is 0 Å². The molecule has 0 fully saturated rings. The molecular formula is C18H37O. The number of hydrogen-bond donors (Lipinski definition) is 0. The highest BCUT2D eigenvalue weighted by molar-refractivity contribution is 4.53. The molecule has 0 aromatic carbocycles. The lowest BCUT2D eigenvalue weighted by Crippen LogP contribution is -1.89. The van der Waals surface area contributed by atoms with Crippen LogP contribution in [0.3, 0.4) is 0 Å². The van der Waals surface area contributed by atoms with Gasteiger partial charge >= 0.3 is 0 Å². The quantitative estimate of drug-likeness (QED) is 0.284. The molecule has 0 aromatic heterocycles. The molecule has 0 saturated heterocycles. The van der Waals surface area contributed by atoms with Gasteiger partial charge in [-0.15, -0.1) is 0 Å². The van der Waals surface area contributed by atoms with E-state index in [4.69, 9.17) is 4.74 Å². The molecule has 0 aromatic rings. The van der Waals surface area contributed by atoms with Crippen molar-refractivity contribution in [3.8, 4) is 0 Å². The van der Waals surface area contributed by atoms with E-state index in [1.807, 2.05) is 6.61 Å². The summed E-state index contributed by atoms with van der Waals surface area (Å²) in [4.78, 5) is 0. The van der Waals surface area contributed by atoms with Gasteiger partial charge < -0.3 is 4.74 Å². The molecule has 0 saturated carbocycles. The Hall–Kier alpha value is -0.0400. The first-order chi connectivity index (χ1) is 9.41. The average Bonchev–Trinajstić information content (AvgIpc) is 2.43. The first kappa shape index (κ1) is 19.0. The molecule has 19 heavy (non-hydrogen) atoms. The van der Waals surface area contributed by atoms with Gasteiger partial charge in [0.05, 0.1) is 6.61 Å². The second kappa shape index (κ2) is 18.0. The zero-order valence-electron chi connectivity index (χ0n) is 13.6. The van der Waals surface area contributed by atoms with Crippen molar-refractivity contribution in [2.75, 3.05) is 6.61 Å². The normalized spacial score (nSPS) is 11.1. The summed E-state index contributed by atoms with van der Waals surface area (Å²) in [5, 5.41) is 0. The van der Waals surface area contributed by atoms with Crippen LogP contribution < -0.4 is 0 Å². The van der Waals surface area contributed by atoms with Crippen LogP contribution in [0.2, 0.25) is 0 Å². The summed E-state index contributed by atoms with van der Waals surface area (Å²) >= 11 is 0. The van der Waals surface area contributed by atoms with Gasteiger partial charge in [0.25, 0.3) is 0 Å². The highest BCUT2D eigenvalue weighted by Crippen LogP contribution is 2.12. The number of ether oxygens (including phenoxy) is 1. The van der Waals surface area contributed by atoms with Crippen molar-refractivity contribution in [2.45, 2.75) is 104 Å². The second-order valence-electron chi connectivity index (χ2n) is 5.72. The van der Waals surface area contributed by atoms with E-state index in [-0.39, 0.29) is 0 Å². The molecule has 0 aliphatic rings. The molecule has 0 spiro atoms. The van der Waals surface area contributed by atoms with Crippen molar-refractivity contribution in [3.05, 3.63) is 6.61 Å². The van der Waals surface area contributed by atoms with Crippen molar-refractivity contribution < 1.29 is 4.74 Å². The van der Waals surface area contributed by atoms with Gasteiger partial charge in [0.15, 0.2) is 0 Å². The van der Waals surface area contributed by atoms with Crippen molar-refractivity contribution in [1.82, 2.24) is 0 Å². The van der Waals surface area contributed by atoms with Crippen molar-refractivity contribution in [2.24, 2.45) is 0 Å². The third-order valence-corrected chi connectivity index (χ3v) is 3.62. The minimum absolute atomic E-state index is 0.887. The van der Waals surface area contributed by atoms with E-state index in [1.165, 1.54) is 77.0 Å². The smallest absolute Gasteiger partial charge is 0.0836 e. The molecule has 1 heteroatoms. The van der Waals surface area contributed by atoms with Gasteiger partial charge in [-0.2, -0.15) is 0 Å². The minimum atomic E-state index is 0.887. The van der Waals surface area contributed by atoms with Crippen LogP contribution in [0, 0.1) is 6.61 Å². The highest BCUT2D eigenvalue weighted by atomic mass is 16.5. The number of rotatable bonds is 16. The Balaban J connectivity index is 2.88. The van der Waals surface area contributed by atoms with E-state index in [0.29, 0.717) is 0 Å². The molecule has 0 aliphatic heterocycles. The van der Waals surface area contributed by atoms with E-state index in [2.05, 4.69) is 13.8 Å². The standard InChI is InChI=1S/C18H37O/c1-3-5-6-7-8-9-10-11-12-13-14-15-16-18-19-17-4-2/h18H,3-17H2,1-2H3. The van der Waals surface area contributed by atoms with Crippen LogP contribution in [-0.4, -0.2) is 6.61 Å². The predicted molar refractivity (Wildman–Crippen MR) is 86.2 cm³/mol. The van der Waals surface area contributed by atoms with E-state index >= 15 is 0 Å². The molecule has 0 heterocycles. The Morgan fingerprint density at radius 2 is 1.05 bits per heavy atom. The summed E-state index contributed by atoms with van der Waals surface area (Å²) in [7, 11) is 0. The summed E-state index contributed by atoms with van der Waals surface area (Å²) in [6.07, 6.45) is 19.3. The van der Waals surface area contributed by atoms with Gasteiger partial charge in [-0.05, 0) is 12.8 Å². The molecule has 115 valence electrons. The van der Waals surface area contributed by atoms with Gasteiger partial charge in [-0.1, -0.05) is 90.9 Å². The van der Waals surface area contributed by atoms with Crippen molar-refractivity contribution >= 4 is 0 Å². The monoisotopic (exact) mass is 269 g/mol. The molecule has 1 nitrogen and oxygen atoms in total. The molecule has 0 bridgehead atoms. The zero-order chi connectivity index (χ0) is 14.0. The highest BCUT2D eigenvalue weighted by Gasteiger charge is 1.94. The van der Waals surface area contributed by atoms with E-state index < -0.39 is 0 Å². The Kier molecular flexibility index (Phi) is 17.9. The summed E-state index contributed by atoms with van der Waals surface area (Å²) in [5.74, 6) is 0. The fraction of sp³-hybridized carbons (Fsp3) is 0.944. The van der Waals surface area contributed by atoms with E-state index in [0.717, 1.165) is 19.4 Å². The molecule has 0 atom stereocenters. The number of hydrogen-bond acceptors (Lipinski definition) is 1. The fourth-order valence-corrected chi connectivity index (χ4v) is 2.35. The molecule has 1 radical (unpaired) electrons. The van der Waals surface area contributed by atoms with Crippen molar-refractivity contribution in [1.29, 1.82) is 0 Å². The van der Waals surface area contributed by atoms with Gasteiger partial charge in [-0.25, -0.2) is 0 Å². The van der Waals surface area contributed by atoms with Crippen LogP contribution in [0.25, 0.3) is 0 Å². The molecule has 0 amide bonds. The molecule has 0 unspecified atom stereocenters. The summed E-state index contributed by atoms with van der Waals surface area (Å²) in [6, 6.07) is 0. The fourth-order valence-electron chi connectivity index (χ4n) is 2.35. The zero-order valence-corrected chi connectivity index (χ0v) is 13.6. The predicted octanol–water partition coefficient (Wildman–Crippen LogP) is 6.67. The van der Waals surface area contributed by atoms with Gasteiger partial charge in [0, 0.05) is 6.61 Å². The lowest BCUT2D eigenvalue weighted by molar-refractivity contribution is 0.190. The third kappa shape index (κ3) is 18.0. The van der Waals surface area contributed by atoms with Crippen LogP contribution >= 0.6 is 0 Å². The number of unbranched alkanes of at least 4 members (excludes halogenated alkanes) is 12. The lowest BCUT2D eigenvalue weighted by atomic mass is 10.0. The largest absolute Gasteiger partial charge is 0.376 e. The maximum Gasteiger partial charge on any atom is 0.0836 e. The Morgan fingerprint density at radius 3 is 1.53 bits per heavy atom. The minimum Gasteiger partial charge on any atom is -0.376 e. The topological polar surface area (TPSA) is 9.23 Å². The van der Waals surface area contributed by atoms with E-state index in [9.17, 15) is 0 Å². The summed E-state index contributed by atoms with van der Waals surface area (Å²) in [6.45, 7) is 7.32. The van der Waals surface area contributed by atoms with Crippen LogP contribution in [0.5, 0.6) is 0 Å². The second-order valence-corrected chi connectivity index (χ2v) is 5.72. The molecule has 0 aliphatic carbocycles. The summed E-state index contributed by atoms with van der Waals surface area (Å²) in [5.41, 5.74) is 0. The molecule has 0 rings (SSSR count). The van der Waals surface area contributed by atoms with Gasteiger partial charge in [0.2, 0.25) is 0 Å². The third-order valence-electron chi connectivity index (χ3n) is 3.62. The maximum absolute atomic E-state index is 5.36. The van der Waals surface area contributed by atoms with Crippen molar-refractivity contribution in [3.63, 3.8) is 0 Å². The maximum atomic E-state index is 5.36. The Morgan fingerprint density at radius 1 is 0.579 bits per heavy atom. The van der Waals surface area contributed by atoms with Crippen LogP contribution in [0.1, 0.15) is 104 Å². The summed E-state index contributed by atoms with van der Waals surface area (Å²) < 4.78 is 5.36. The van der Waals surface area contributed by atoms with Crippen LogP contribution in [-0.2, 0) is 4.74 Å². The van der Waals surface area contributed by atoms with Crippen LogP contribution in [0.15, 0.2) is 0 Å². The van der Waals surface area contributed by atoms with Crippen LogP contribution in [0.4, 0.5) is 0 Å². The Bertz CT molecular complexity index is 129. The first-order valence-electron chi connectivity index (χ1n) is 8.85. The van der Waals surface area contributed by atoms with Gasteiger partial charge in [0.1, 0.15) is 0 Å². The molecule has 0 N–H and O–H groups in total. The SMILES string of the molecule is CCCCCCCCCCCCCC[CH]OCCC. The first-order valence-corrected chi connectivity index (χ1v) is 8.85. The van der Waals surface area contributed by atoms with Gasteiger partial charge in [-0.3, -0.25) is 0 Å². The Labute approximate surface area is 122 Å². The molecular weight excluding hydrogens is 232 g/mol. The lowest BCUT2D eigenvalue weighted by Gasteiger charge is -2.03.